The van der Waals surface area contributed by atoms with Crippen LogP contribution in [-0.4, -0.2) is 28.7 Å². The molecule has 1 saturated carbocycles. The fourth-order valence-corrected chi connectivity index (χ4v) is 3.70. The van der Waals surface area contributed by atoms with Crippen molar-refractivity contribution in [2.45, 2.75) is 25.4 Å². The van der Waals surface area contributed by atoms with Crippen molar-refractivity contribution >= 4 is 23.4 Å². The molecule has 1 fully saturated rings. The van der Waals surface area contributed by atoms with Gasteiger partial charge < -0.3 is 20.5 Å². The van der Waals surface area contributed by atoms with Crippen LogP contribution in [0.2, 0.25) is 0 Å². The molecule has 0 aliphatic heterocycles. The van der Waals surface area contributed by atoms with Crippen molar-refractivity contribution in [1.29, 1.82) is 0 Å². The molecule has 1 aliphatic rings. The number of rotatable bonds is 7. The average Bonchev–Trinajstić information content (AvgIpc) is 2.80. The SMILES string of the molecule is O=C(Nc1ccc(-c2ccc(OCC3(C(=O)O)CCC3)nc2)cc1)Nc1cc(C(F)(F)F)ccc1F. The molecule has 36 heavy (non-hydrogen) atoms. The molecule has 0 saturated heterocycles. The Balaban J connectivity index is 1.35. The minimum absolute atomic E-state index is 0.0571. The largest absolute Gasteiger partial charge is 0.481 e. The van der Waals surface area contributed by atoms with E-state index in [1.807, 2.05) is 0 Å². The molecule has 11 heteroatoms. The molecular formula is C25H21F4N3O4. The van der Waals surface area contributed by atoms with Gasteiger partial charge in [-0.1, -0.05) is 18.6 Å². The van der Waals surface area contributed by atoms with Gasteiger partial charge in [0.15, 0.2) is 0 Å². The van der Waals surface area contributed by atoms with Gasteiger partial charge in [-0.15, -0.1) is 0 Å². The maximum Gasteiger partial charge on any atom is 0.416 e. The van der Waals surface area contributed by atoms with Crippen molar-refractivity contribution in [1.82, 2.24) is 4.98 Å². The number of carbonyl (C=O) groups excluding carboxylic acids is 1. The van der Waals surface area contributed by atoms with Gasteiger partial charge in [0.25, 0.3) is 0 Å². The van der Waals surface area contributed by atoms with E-state index in [9.17, 15) is 32.3 Å². The molecule has 0 unspecified atom stereocenters. The van der Waals surface area contributed by atoms with Gasteiger partial charge in [0.05, 0.1) is 11.3 Å². The lowest BCUT2D eigenvalue weighted by Gasteiger charge is -2.36. The second-order valence-corrected chi connectivity index (χ2v) is 8.46. The lowest BCUT2D eigenvalue weighted by molar-refractivity contribution is -0.157. The molecular weight excluding hydrogens is 482 g/mol. The van der Waals surface area contributed by atoms with Gasteiger partial charge in [0.2, 0.25) is 5.88 Å². The van der Waals surface area contributed by atoms with Crippen LogP contribution in [0.3, 0.4) is 0 Å². The summed E-state index contributed by atoms with van der Waals surface area (Å²) in [7, 11) is 0. The number of nitrogens with zero attached hydrogens (tertiary/aromatic N) is 1. The van der Waals surface area contributed by atoms with E-state index in [2.05, 4.69) is 15.6 Å². The van der Waals surface area contributed by atoms with Crippen LogP contribution < -0.4 is 15.4 Å². The van der Waals surface area contributed by atoms with Gasteiger partial charge in [0.1, 0.15) is 17.8 Å². The van der Waals surface area contributed by atoms with Crippen molar-refractivity contribution in [2.75, 3.05) is 17.2 Å². The van der Waals surface area contributed by atoms with E-state index in [-0.39, 0.29) is 6.61 Å². The fraction of sp³-hybridized carbons (Fsp3) is 0.240. The number of anilines is 2. The summed E-state index contributed by atoms with van der Waals surface area (Å²) in [5, 5.41) is 13.9. The first-order valence-corrected chi connectivity index (χ1v) is 10.9. The summed E-state index contributed by atoms with van der Waals surface area (Å²) in [6, 6.07) is 10.7. The van der Waals surface area contributed by atoms with Gasteiger partial charge in [-0.3, -0.25) is 4.79 Å². The van der Waals surface area contributed by atoms with Gasteiger partial charge in [-0.2, -0.15) is 13.2 Å². The first-order chi connectivity index (χ1) is 17.1. The van der Waals surface area contributed by atoms with Crippen LogP contribution >= 0.6 is 0 Å². The molecule has 3 aromatic rings. The maximum absolute atomic E-state index is 13.8. The number of alkyl halides is 3. The Hall–Kier alpha value is -4.15. The number of benzene rings is 2. The smallest absolute Gasteiger partial charge is 0.416 e. The van der Waals surface area contributed by atoms with Crippen molar-refractivity contribution in [3.05, 3.63) is 72.2 Å². The van der Waals surface area contributed by atoms with Crippen LogP contribution in [-0.2, 0) is 11.0 Å². The van der Waals surface area contributed by atoms with Crippen molar-refractivity contribution < 1.29 is 37.0 Å². The van der Waals surface area contributed by atoms with Crippen molar-refractivity contribution in [3.63, 3.8) is 0 Å². The maximum atomic E-state index is 13.8. The van der Waals surface area contributed by atoms with Crippen molar-refractivity contribution in [3.8, 4) is 17.0 Å². The zero-order valence-corrected chi connectivity index (χ0v) is 18.7. The number of aliphatic carboxylic acids is 1. The van der Waals surface area contributed by atoms with Gasteiger partial charge >= 0.3 is 18.2 Å². The number of aromatic nitrogens is 1. The van der Waals surface area contributed by atoms with E-state index in [1.54, 1.807) is 42.6 Å². The molecule has 4 rings (SSSR count). The van der Waals surface area contributed by atoms with E-state index in [0.717, 1.165) is 17.5 Å². The first-order valence-electron chi connectivity index (χ1n) is 10.9. The molecule has 0 atom stereocenters. The van der Waals surface area contributed by atoms with Gasteiger partial charge in [0, 0.05) is 23.5 Å². The molecule has 7 nitrogen and oxygen atoms in total. The van der Waals surface area contributed by atoms with Crippen LogP contribution in [0.25, 0.3) is 11.1 Å². The molecule has 0 spiro atoms. The highest BCUT2D eigenvalue weighted by Gasteiger charge is 2.45. The summed E-state index contributed by atoms with van der Waals surface area (Å²) >= 11 is 0. The molecule has 2 amide bonds. The number of carboxylic acids is 1. The minimum atomic E-state index is -4.67. The molecule has 2 aromatic carbocycles. The number of carbonyl (C=O) groups is 2. The van der Waals surface area contributed by atoms with Crippen LogP contribution in [0, 0.1) is 11.2 Å². The Morgan fingerprint density at radius 3 is 2.25 bits per heavy atom. The third kappa shape index (κ3) is 5.56. The predicted octanol–water partition coefficient (Wildman–Crippen LogP) is 6.18. The molecule has 0 bridgehead atoms. The highest BCUT2D eigenvalue weighted by Crippen LogP contribution is 2.41. The molecule has 1 aromatic heterocycles. The van der Waals surface area contributed by atoms with E-state index < -0.39 is 40.7 Å². The monoisotopic (exact) mass is 503 g/mol. The number of amides is 2. The topological polar surface area (TPSA) is 101 Å². The number of hydrogen-bond donors (Lipinski definition) is 3. The number of halogens is 4. The molecule has 0 radical (unpaired) electrons. The Morgan fingerprint density at radius 2 is 1.69 bits per heavy atom. The summed E-state index contributed by atoms with van der Waals surface area (Å²) < 4.78 is 57.9. The van der Waals surface area contributed by atoms with Crippen LogP contribution in [0.15, 0.2) is 60.8 Å². The highest BCUT2D eigenvalue weighted by molar-refractivity contribution is 6.00. The minimum Gasteiger partial charge on any atom is -0.481 e. The highest BCUT2D eigenvalue weighted by atomic mass is 19.4. The Bertz CT molecular complexity index is 1260. The normalized spacial score (nSPS) is 14.4. The van der Waals surface area contributed by atoms with E-state index in [0.29, 0.717) is 42.6 Å². The standard InChI is InChI=1S/C25H21F4N3O4/c26-19-8-5-17(25(27,28)29)12-20(19)32-23(35)31-18-6-2-15(3-7-18)16-4-9-21(30-13-16)36-14-24(22(33)34)10-1-11-24/h2-9,12-13H,1,10-11,14H2,(H,33,34)(H2,31,32,35). The number of hydrogen-bond acceptors (Lipinski definition) is 4. The lowest BCUT2D eigenvalue weighted by Crippen LogP contribution is -2.43. The fourth-order valence-electron chi connectivity index (χ4n) is 3.70. The number of carboxylic acid groups (broad SMARTS) is 1. The zero-order chi connectivity index (χ0) is 25.9. The number of nitrogens with one attached hydrogen (secondary N) is 2. The van der Waals surface area contributed by atoms with Gasteiger partial charge in [-0.05, 0) is 54.8 Å². The number of urea groups is 1. The molecule has 188 valence electrons. The second kappa shape index (κ2) is 9.84. The number of pyridine rings is 1. The quantitative estimate of drug-likeness (QED) is 0.334. The van der Waals surface area contributed by atoms with E-state index in [4.69, 9.17) is 4.74 Å². The first kappa shape index (κ1) is 25.0. The summed E-state index contributed by atoms with van der Waals surface area (Å²) in [5.74, 6) is -1.56. The molecule has 1 aliphatic carbocycles. The Morgan fingerprint density at radius 1 is 1.00 bits per heavy atom. The second-order valence-electron chi connectivity index (χ2n) is 8.46. The third-order valence-corrected chi connectivity index (χ3v) is 6.02. The lowest BCUT2D eigenvalue weighted by atomic mass is 9.69. The van der Waals surface area contributed by atoms with Crippen LogP contribution in [0.4, 0.5) is 33.7 Å². The predicted molar refractivity (Wildman–Crippen MR) is 123 cm³/mol. The molecule has 1 heterocycles. The number of ether oxygens (including phenoxy) is 1. The van der Waals surface area contributed by atoms with E-state index >= 15 is 0 Å². The summed E-state index contributed by atoms with van der Waals surface area (Å²) in [4.78, 5) is 27.8. The van der Waals surface area contributed by atoms with E-state index in [1.165, 1.54) is 0 Å². The Kier molecular flexibility index (Phi) is 6.82. The summed E-state index contributed by atoms with van der Waals surface area (Å²) in [6.45, 7) is 0.0571. The van der Waals surface area contributed by atoms with Crippen LogP contribution in [0.1, 0.15) is 24.8 Å². The summed E-state index contributed by atoms with van der Waals surface area (Å²) in [6.07, 6.45) is -1.10. The summed E-state index contributed by atoms with van der Waals surface area (Å²) in [5.41, 5.74) is -0.707. The molecule has 3 N–H and O–H groups in total. The van der Waals surface area contributed by atoms with Crippen molar-refractivity contribution in [2.24, 2.45) is 5.41 Å². The zero-order valence-electron chi connectivity index (χ0n) is 18.7. The average molecular weight is 503 g/mol. The van der Waals surface area contributed by atoms with Crippen LogP contribution in [0.5, 0.6) is 5.88 Å². The van der Waals surface area contributed by atoms with Gasteiger partial charge in [-0.25, -0.2) is 14.2 Å². The Labute approximate surface area is 203 Å². The third-order valence-electron chi connectivity index (χ3n) is 6.02.